The molecule has 0 aliphatic rings. The molecule has 2 aromatic rings. The van der Waals surface area contributed by atoms with Gasteiger partial charge in [-0.1, -0.05) is 11.6 Å². The van der Waals surface area contributed by atoms with Gasteiger partial charge >= 0.3 is 11.7 Å². The number of rotatable bonds is 7. The number of nitrogens with zero attached hydrogens (tertiary/aromatic N) is 1. The first-order valence-corrected chi connectivity index (χ1v) is 7.86. The maximum Gasteiger partial charge on any atom is 0.338 e. The molecule has 0 heterocycles. The molecule has 0 bridgehead atoms. The number of benzene rings is 2. The summed E-state index contributed by atoms with van der Waals surface area (Å²) in [4.78, 5) is 33.9. The summed E-state index contributed by atoms with van der Waals surface area (Å²) < 4.78 is 14.7. The van der Waals surface area contributed by atoms with Gasteiger partial charge in [0.25, 0.3) is 5.91 Å². The molecule has 0 atom stereocenters. The molecule has 1 N–H and O–H groups in total. The van der Waals surface area contributed by atoms with Gasteiger partial charge in [0.2, 0.25) is 0 Å². The third-order valence-corrected chi connectivity index (χ3v) is 3.67. The Balaban J connectivity index is 2.07. The van der Waals surface area contributed by atoms with Crippen LogP contribution in [0.2, 0.25) is 5.02 Å². The molecule has 10 heteroatoms. The molecule has 0 radical (unpaired) electrons. The molecule has 0 saturated heterocycles. The van der Waals surface area contributed by atoms with E-state index in [1.807, 2.05) is 0 Å². The number of nitro benzene ring substituents is 1. The minimum atomic E-state index is -0.723. The standard InChI is InChI=1S/C17H15ClN2O7/c1-25-14-6-4-11(8-12(14)18)19-16(21)9-27-15-5-3-10(17(22)26-2)7-13(15)20(23)24/h3-8H,9H2,1-2H3,(H,19,21). The molecule has 0 saturated carbocycles. The van der Waals surface area contributed by atoms with Gasteiger partial charge in [0.15, 0.2) is 12.4 Å². The maximum atomic E-state index is 12.0. The lowest BCUT2D eigenvalue weighted by Crippen LogP contribution is -2.20. The highest BCUT2D eigenvalue weighted by molar-refractivity contribution is 6.32. The van der Waals surface area contributed by atoms with Crippen LogP contribution >= 0.6 is 11.6 Å². The third-order valence-electron chi connectivity index (χ3n) is 3.37. The van der Waals surface area contributed by atoms with E-state index in [0.717, 1.165) is 13.2 Å². The van der Waals surface area contributed by atoms with Gasteiger partial charge in [-0.25, -0.2) is 4.79 Å². The highest BCUT2D eigenvalue weighted by Gasteiger charge is 2.20. The van der Waals surface area contributed by atoms with Gasteiger partial charge in [0.1, 0.15) is 5.75 Å². The fourth-order valence-electron chi connectivity index (χ4n) is 2.11. The second-order valence-electron chi connectivity index (χ2n) is 5.12. The predicted molar refractivity (Wildman–Crippen MR) is 96.6 cm³/mol. The van der Waals surface area contributed by atoms with Gasteiger partial charge < -0.3 is 19.5 Å². The maximum absolute atomic E-state index is 12.0. The molecule has 142 valence electrons. The Labute approximate surface area is 158 Å². The number of halogens is 1. The van der Waals surface area contributed by atoms with Crippen molar-refractivity contribution in [2.75, 3.05) is 26.1 Å². The minimum absolute atomic E-state index is 0.00567. The van der Waals surface area contributed by atoms with Gasteiger partial charge in [0.05, 0.1) is 29.7 Å². The number of carbonyl (C=O) groups excluding carboxylic acids is 2. The Hall–Kier alpha value is -3.33. The van der Waals surface area contributed by atoms with E-state index in [1.54, 1.807) is 12.1 Å². The third kappa shape index (κ3) is 5.08. The summed E-state index contributed by atoms with van der Waals surface area (Å²) in [7, 11) is 2.63. The monoisotopic (exact) mass is 394 g/mol. The fourth-order valence-corrected chi connectivity index (χ4v) is 2.37. The van der Waals surface area contributed by atoms with Crippen LogP contribution in [-0.2, 0) is 9.53 Å². The number of hydrogen-bond acceptors (Lipinski definition) is 7. The first-order valence-electron chi connectivity index (χ1n) is 7.48. The van der Waals surface area contributed by atoms with Gasteiger partial charge in [0, 0.05) is 11.8 Å². The number of esters is 1. The van der Waals surface area contributed by atoms with Crippen LogP contribution in [0.4, 0.5) is 11.4 Å². The van der Waals surface area contributed by atoms with Gasteiger partial charge in [-0.2, -0.15) is 0 Å². The molecule has 0 unspecified atom stereocenters. The second-order valence-corrected chi connectivity index (χ2v) is 5.52. The predicted octanol–water partition coefficient (Wildman–Crippen LogP) is 3.06. The van der Waals surface area contributed by atoms with E-state index in [9.17, 15) is 19.7 Å². The van der Waals surface area contributed by atoms with Crippen molar-refractivity contribution in [2.24, 2.45) is 0 Å². The van der Waals surface area contributed by atoms with Crippen LogP contribution in [0.3, 0.4) is 0 Å². The second kappa shape index (κ2) is 8.86. The van der Waals surface area contributed by atoms with Crippen LogP contribution in [0.1, 0.15) is 10.4 Å². The largest absolute Gasteiger partial charge is 0.495 e. The lowest BCUT2D eigenvalue weighted by atomic mass is 10.2. The summed E-state index contributed by atoms with van der Waals surface area (Å²) in [5.41, 5.74) is -0.0583. The van der Waals surface area contributed by atoms with Crippen molar-refractivity contribution < 1.29 is 28.7 Å². The summed E-state index contributed by atoms with van der Waals surface area (Å²) in [6, 6.07) is 8.19. The van der Waals surface area contributed by atoms with E-state index in [-0.39, 0.29) is 11.3 Å². The highest BCUT2D eigenvalue weighted by Crippen LogP contribution is 2.29. The highest BCUT2D eigenvalue weighted by atomic mass is 35.5. The molecule has 0 aromatic heterocycles. The molecule has 0 aliphatic heterocycles. The molecule has 0 spiro atoms. The van der Waals surface area contributed by atoms with Gasteiger partial charge in [-0.3, -0.25) is 14.9 Å². The zero-order valence-corrected chi connectivity index (χ0v) is 15.1. The van der Waals surface area contributed by atoms with E-state index in [4.69, 9.17) is 21.1 Å². The van der Waals surface area contributed by atoms with E-state index in [0.29, 0.717) is 16.5 Å². The van der Waals surface area contributed by atoms with Crippen LogP contribution in [0, 0.1) is 10.1 Å². The summed E-state index contributed by atoms with van der Waals surface area (Å²) >= 11 is 5.97. The Kier molecular flexibility index (Phi) is 6.56. The van der Waals surface area contributed by atoms with Crippen molar-refractivity contribution in [3.8, 4) is 11.5 Å². The molecule has 0 aliphatic carbocycles. The van der Waals surface area contributed by atoms with Crippen LogP contribution in [0.5, 0.6) is 11.5 Å². The van der Waals surface area contributed by atoms with Crippen molar-refractivity contribution in [3.63, 3.8) is 0 Å². The molecule has 2 rings (SSSR count). The van der Waals surface area contributed by atoms with E-state index < -0.39 is 29.1 Å². The average Bonchev–Trinajstić information content (AvgIpc) is 2.65. The van der Waals surface area contributed by atoms with Gasteiger partial charge in [-0.15, -0.1) is 0 Å². The lowest BCUT2D eigenvalue weighted by molar-refractivity contribution is -0.385. The Morgan fingerprint density at radius 3 is 2.44 bits per heavy atom. The van der Waals surface area contributed by atoms with Crippen LogP contribution < -0.4 is 14.8 Å². The lowest BCUT2D eigenvalue weighted by Gasteiger charge is -2.10. The SMILES string of the molecule is COC(=O)c1ccc(OCC(=O)Nc2ccc(OC)c(Cl)c2)c([N+](=O)[O-])c1. The Morgan fingerprint density at radius 1 is 1.15 bits per heavy atom. The number of ether oxygens (including phenoxy) is 3. The fraction of sp³-hybridized carbons (Fsp3) is 0.176. The molecule has 1 amide bonds. The number of amides is 1. The van der Waals surface area contributed by atoms with Crippen molar-refractivity contribution >= 4 is 34.9 Å². The van der Waals surface area contributed by atoms with Gasteiger partial charge in [-0.05, 0) is 30.3 Å². The Morgan fingerprint density at radius 2 is 1.85 bits per heavy atom. The van der Waals surface area contributed by atoms with Crippen LogP contribution in [-0.4, -0.2) is 37.6 Å². The molecule has 0 fully saturated rings. The number of nitrogens with one attached hydrogen (secondary N) is 1. The first kappa shape index (κ1) is 20.0. The number of hydrogen-bond donors (Lipinski definition) is 1. The van der Waals surface area contributed by atoms with Crippen molar-refractivity contribution in [2.45, 2.75) is 0 Å². The molecule has 27 heavy (non-hydrogen) atoms. The van der Waals surface area contributed by atoms with Crippen molar-refractivity contribution in [1.82, 2.24) is 0 Å². The van der Waals surface area contributed by atoms with E-state index in [2.05, 4.69) is 10.1 Å². The molecular weight excluding hydrogens is 380 g/mol. The zero-order chi connectivity index (χ0) is 20.0. The molecular formula is C17H15ClN2O7. The molecule has 2 aromatic carbocycles. The van der Waals surface area contributed by atoms with E-state index >= 15 is 0 Å². The number of methoxy groups -OCH3 is 2. The summed E-state index contributed by atoms with van der Waals surface area (Å²) in [6.45, 7) is -0.484. The van der Waals surface area contributed by atoms with Crippen LogP contribution in [0.15, 0.2) is 36.4 Å². The number of anilines is 1. The number of nitro groups is 1. The first-order chi connectivity index (χ1) is 12.8. The molecule has 9 nitrogen and oxygen atoms in total. The smallest absolute Gasteiger partial charge is 0.338 e. The van der Waals surface area contributed by atoms with Crippen molar-refractivity contribution in [1.29, 1.82) is 0 Å². The average molecular weight is 395 g/mol. The van der Waals surface area contributed by atoms with Crippen LogP contribution in [0.25, 0.3) is 0 Å². The van der Waals surface area contributed by atoms with E-state index in [1.165, 1.54) is 25.3 Å². The topological polar surface area (TPSA) is 117 Å². The Bertz CT molecular complexity index is 886. The number of carbonyl (C=O) groups is 2. The summed E-state index contributed by atoms with van der Waals surface area (Å²) in [5, 5.41) is 14.0. The summed E-state index contributed by atoms with van der Waals surface area (Å²) in [5.74, 6) is -0.982. The quantitative estimate of drug-likeness (QED) is 0.435. The minimum Gasteiger partial charge on any atom is -0.495 e. The van der Waals surface area contributed by atoms with Crippen molar-refractivity contribution in [3.05, 3.63) is 57.1 Å². The summed E-state index contributed by atoms with van der Waals surface area (Å²) in [6.07, 6.45) is 0. The normalized spacial score (nSPS) is 10.0. The zero-order valence-electron chi connectivity index (χ0n) is 14.4.